The number of aromatic amines is 1. The SMILES string of the molecule is CC(C)OCCCN=C(CC(=O)c1ccc(F)c(F)c1)Nc1cc(-c2cc(F)cc(Cl)c2)[nH]n1. The Labute approximate surface area is 200 Å². The Bertz CT molecular complexity index is 1160. The van der Waals surface area contributed by atoms with E-state index >= 15 is 0 Å². The standard InChI is InChI=1S/C24H24ClF3N4O2/c1-14(2)34-7-3-6-29-23(13-22(33)15-4-5-19(27)20(28)10-15)30-24-12-21(31-32-24)16-8-17(25)11-18(26)9-16/h4-5,8-12,14H,3,6-7,13H2,1-2H3,(H2,29,30,31,32). The summed E-state index contributed by atoms with van der Waals surface area (Å²) in [5.41, 5.74) is 1.02. The van der Waals surface area contributed by atoms with Crippen LogP contribution in [0.15, 0.2) is 47.5 Å². The van der Waals surface area contributed by atoms with Gasteiger partial charge in [-0.15, -0.1) is 0 Å². The normalized spacial score (nSPS) is 11.8. The molecular formula is C24H24ClF3N4O2. The van der Waals surface area contributed by atoms with Gasteiger partial charge in [-0.1, -0.05) is 11.6 Å². The summed E-state index contributed by atoms with van der Waals surface area (Å²) in [6.45, 7) is 4.73. The van der Waals surface area contributed by atoms with E-state index < -0.39 is 23.2 Å². The number of ketones is 1. The molecule has 2 aromatic carbocycles. The molecule has 0 radical (unpaired) electrons. The number of aromatic nitrogens is 2. The van der Waals surface area contributed by atoms with Gasteiger partial charge in [0.15, 0.2) is 23.2 Å². The van der Waals surface area contributed by atoms with Crippen molar-refractivity contribution in [3.05, 3.63) is 70.5 Å². The molecule has 3 rings (SSSR count). The second kappa shape index (κ2) is 11.8. The Morgan fingerprint density at radius 3 is 2.65 bits per heavy atom. The number of rotatable bonds is 10. The molecule has 0 atom stereocenters. The molecule has 0 aliphatic rings. The van der Waals surface area contributed by atoms with E-state index in [0.29, 0.717) is 36.6 Å². The fraction of sp³-hybridized carbons (Fsp3) is 0.292. The van der Waals surface area contributed by atoms with E-state index in [0.717, 1.165) is 12.1 Å². The summed E-state index contributed by atoms with van der Waals surface area (Å²) < 4.78 is 46.0. The number of amidine groups is 1. The molecule has 0 aliphatic heterocycles. The summed E-state index contributed by atoms with van der Waals surface area (Å²) in [6, 6.07) is 8.67. The first-order valence-corrected chi connectivity index (χ1v) is 11.0. The topological polar surface area (TPSA) is 79.4 Å². The van der Waals surface area contributed by atoms with Crippen molar-refractivity contribution in [1.29, 1.82) is 0 Å². The van der Waals surface area contributed by atoms with Crippen LogP contribution in [0.3, 0.4) is 0 Å². The molecule has 3 aromatic rings. The smallest absolute Gasteiger partial charge is 0.170 e. The van der Waals surface area contributed by atoms with Crippen LogP contribution in [-0.2, 0) is 4.74 Å². The van der Waals surface area contributed by atoms with Crippen LogP contribution in [0, 0.1) is 17.5 Å². The van der Waals surface area contributed by atoms with Gasteiger partial charge in [-0.25, -0.2) is 13.2 Å². The van der Waals surface area contributed by atoms with Gasteiger partial charge in [-0.2, -0.15) is 5.10 Å². The molecule has 0 amide bonds. The van der Waals surface area contributed by atoms with Crippen LogP contribution in [0.4, 0.5) is 19.0 Å². The van der Waals surface area contributed by atoms with Crippen molar-refractivity contribution in [3.63, 3.8) is 0 Å². The van der Waals surface area contributed by atoms with E-state index in [2.05, 4.69) is 20.5 Å². The second-order valence-corrected chi connectivity index (χ2v) is 8.22. The fourth-order valence-electron chi connectivity index (χ4n) is 3.05. The minimum Gasteiger partial charge on any atom is -0.379 e. The van der Waals surface area contributed by atoms with Crippen molar-refractivity contribution in [2.45, 2.75) is 32.8 Å². The number of hydrogen-bond acceptors (Lipinski definition) is 4. The minimum absolute atomic E-state index is 0.0219. The number of carbonyl (C=O) groups excluding carboxylic acids is 1. The highest BCUT2D eigenvalue weighted by Crippen LogP contribution is 2.24. The lowest BCUT2D eigenvalue weighted by Crippen LogP contribution is -2.18. The van der Waals surface area contributed by atoms with Crippen molar-refractivity contribution in [2.24, 2.45) is 4.99 Å². The molecule has 6 nitrogen and oxygen atoms in total. The van der Waals surface area contributed by atoms with E-state index in [1.54, 1.807) is 12.1 Å². The van der Waals surface area contributed by atoms with Gasteiger partial charge in [0.2, 0.25) is 0 Å². The van der Waals surface area contributed by atoms with Crippen molar-refractivity contribution in [1.82, 2.24) is 10.2 Å². The van der Waals surface area contributed by atoms with Gasteiger partial charge in [-0.3, -0.25) is 14.9 Å². The van der Waals surface area contributed by atoms with Crippen LogP contribution in [0.5, 0.6) is 0 Å². The molecule has 0 spiro atoms. The van der Waals surface area contributed by atoms with Crippen molar-refractivity contribution in [3.8, 4) is 11.3 Å². The third-order valence-electron chi connectivity index (χ3n) is 4.65. The van der Waals surface area contributed by atoms with Crippen LogP contribution >= 0.6 is 11.6 Å². The minimum atomic E-state index is -1.10. The Morgan fingerprint density at radius 1 is 1.15 bits per heavy atom. The number of carbonyl (C=O) groups is 1. The molecule has 10 heteroatoms. The van der Waals surface area contributed by atoms with E-state index in [4.69, 9.17) is 16.3 Å². The second-order valence-electron chi connectivity index (χ2n) is 7.78. The lowest BCUT2D eigenvalue weighted by Gasteiger charge is -2.09. The lowest BCUT2D eigenvalue weighted by atomic mass is 10.1. The number of Topliss-reactive ketones (excluding diaryl/α,β-unsaturated/α-hetero) is 1. The van der Waals surface area contributed by atoms with Gasteiger partial charge in [0.25, 0.3) is 0 Å². The Morgan fingerprint density at radius 2 is 1.94 bits per heavy atom. The average Bonchev–Trinajstić information content (AvgIpc) is 3.23. The third kappa shape index (κ3) is 7.43. The number of nitrogens with zero attached hydrogens (tertiary/aromatic N) is 2. The molecule has 0 saturated carbocycles. The lowest BCUT2D eigenvalue weighted by molar-refractivity contribution is 0.0783. The summed E-state index contributed by atoms with van der Waals surface area (Å²) in [7, 11) is 0. The summed E-state index contributed by atoms with van der Waals surface area (Å²) in [5.74, 6) is -2.45. The quantitative estimate of drug-likeness (QED) is 0.156. The number of benzene rings is 2. The number of aliphatic imine (C=N–C) groups is 1. The molecule has 1 heterocycles. The molecule has 0 bridgehead atoms. The Hall–Kier alpha value is -3.17. The van der Waals surface area contributed by atoms with E-state index in [1.807, 2.05) is 13.8 Å². The number of hydrogen-bond donors (Lipinski definition) is 2. The summed E-state index contributed by atoms with van der Waals surface area (Å²) in [5, 5.41) is 10.1. The number of halogens is 4. The van der Waals surface area contributed by atoms with Crippen LogP contribution < -0.4 is 5.32 Å². The van der Waals surface area contributed by atoms with Gasteiger partial charge >= 0.3 is 0 Å². The monoisotopic (exact) mass is 492 g/mol. The maximum absolute atomic E-state index is 13.7. The largest absolute Gasteiger partial charge is 0.379 e. The average molecular weight is 493 g/mol. The van der Waals surface area contributed by atoms with Crippen LogP contribution in [0.1, 0.15) is 37.0 Å². The first-order valence-electron chi connectivity index (χ1n) is 10.6. The predicted octanol–water partition coefficient (Wildman–Crippen LogP) is 6.05. The molecule has 0 unspecified atom stereocenters. The van der Waals surface area contributed by atoms with Gasteiger partial charge < -0.3 is 10.1 Å². The molecule has 34 heavy (non-hydrogen) atoms. The van der Waals surface area contributed by atoms with Crippen molar-refractivity contribution < 1.29 is 22.7 Å². The van der Waals surface area contributed by atoms with Crippen LogP contribution in [0.25, 0.3) is 11.3 Å². The van der Waals surface area contributed by atoms with Gasteiger partial charge in [0, 0.05) is 35.4 Å². The first-order chi connectivity index (χ1) is 16.2. The molecule has 2 N–H and O–H groups in total. The number of nitrogens with one attached hydrogen (secondary N) is 2. The summed E-state index contributed by atoms with van der Waals surface area (Å²) in [4.78, 5) is 17.1. The van der Waals surface area contributed by atoms with E-state index in [1.165, 1.54) is 18.2 Å². The van der Waals surface area contributed by atoms with Gasteiger partial charge in [0.1, 0.15) is 11.7 Å². The Kier molecular flexibility index (Phi) is 8.84. The zero-order valence-corrected chi connectivity index (χ0v) is 19.4. The molecule has 0 saturated heterocycles. The highest BCUT2D eigenvalue weighted by Gasteiger charge is 2.15. The maximum Gasteiger partial charge on any atom is 0.170 e. The highest BCUT2D eigenvalue weighted by atomic mass is 35.5. The maximum atomic E-state index is 13.7. The Balaban J connectivity index is 1.75. The first kappa shape index (κ1) is 25.5. The number of H-pyrrole nitrogens is 1. The molecule has 180 valence electrons. The molecule has 0 fully saturated rings. The zero-order valence-electron chi connectivity index (χ0n) is 18.7. The summed E-state index contributed by atoms with van der Waals surface area (Å²) in [6.07, 6.45) is 0.524. The van der Waals surface area contributed by atoms with Crippen LogP contribution in [-0.4, -0.2) is 41.1 Å². The fourth-order valence-corrected chi connectivity index (χ4v) is 3.27. The predicted molar refractivity (Wildman–Crippen MR) is 126 cm³/mol. The molecule has 0 aliphatic carbocycles. The van der Waals surface area contributed by atoms with Gasteiger partial charge in [-0.05, 0) is 56.7 Å². The van der Waals surface area contributed by atoms with Gasteiger partial charge in [0.05, 0.1) is 18.2 Å². The third-order valence-corrected chi connectivity index (χ3v) is 4.87. The molecular weight excluding hydrogens is 469 g/mol. The summed E-state index contributed by atoms with van der Waals surface area (Å²) >= 11 is 5.92. The van der Waals surface area contributed by atoms with Crippen LogP contribution in [0.2, 0.25) is 5.02 Å². The van der Waals surface area contributed by atoms with Crippen molar-refractivity contribution >= 4 is 29.0 Å². The number of anilines is 1. The highest BCUT2D eigenvalue weighted by molar-refractivity contribution is 6.30. The number of ether oxygens (including phenoxy) is 1. The van der Waals surface area contributed by atoms with E-state index in [-0.39, 0.29) is 28.9 Å². The molecule has 1 aromatic heterocycles. The zero-order chi connectivity index (χ0) is 24.7. The van der Waals surface area contributed by atoms with Crippen molar-refractivity contribution in [2.75, 3.05) is 18.5 Å². The van der Waals surface area contributed by atoms with E-state index in [9.17, 15) is 18.0 Å².